The highest BCUT2D eigenvalue weighted by atomic mass is 79.9. The van der Waals surface area contributed by atoms with Crippen molar-refractivity contribution in [3.8, 4) is 5.75 Å². The number of carbonyl (C=O) groups excluding carboxylic acids is 1. The van der Waals surface area contributed by atoms with E-state index in [9.17, 15) is 9.90 Å². The Bertz CT molecular complexity index is 1230. The van der Waals surface area contributed by atoms with Crippen LogP contribution >= 0.6 is 43.6 Å². The Morgan fingerprint density at radius 1 is 0.939 bits per heavy atom. The molecule has 1 aliphatic heterocycles. The topological polar surface area (TPSA) is 52.9 Å². The van der Waals surface area contributed by atoms with Crippen LogP contribution in [0.25, 0.3) is 6.08 Å². The average Bonchev–Trinajstić information content (AvgIpc) is 3.12. The number of amidine groups is 1. The van der Waals surface area contributed by atoms with E-state index in [4.69, 9.17) is 4.99 Å². The highest BCUT2D eigenvalue weighted by Gasteiger charge is 2.34. The minimum atomic E-state index is -0.131. The molecule has 0 spiro atoms. The highest BCUT2D eigenvalue weighted by molar-refractivity contribution is 9.11. The van der Waals surface area contributed by atoms with E-state index in [1.54, 1.807) is 17.0 Å². The van der Waals surface area contributed by atoms with Gasteiger partial charge in [-0.2, -0.15) is 0 Å². The van der Waals surface area contributed by atoms with Crippen LogP contribution in [-0.4, -0.2) is 16.2 Å². The van der Waals surface area contributed by atoms with Crippen molar-refractivity contribution in [3.63, 3.8) is 0 Å². The van der Waals surface area contributed by atoms with Crippen molar-refractivity contribution >= 4 is 72.1 Å². The normalized spacial score (nSPS) is 16.2. The first-order valence-corrected chi connectivity index (χ1v) is 13.0. The summed E-state index contributed by atoms with van der Waals surface area (Å²) in [7, 11) is 0. The van der Waals surface area contributed by atoms with E-state index in [0.29, 0.717) is 19.0 Å². The summed E-state index contributed by atoms with van der Waals surface area (Å²) in [5.74, 6) is -0.00790. The second kappa shape index (κ2) is 10.3. The van der Waals surface area contributed by atoms with Crippen molar-refractivity contribution in [1.29, 1.82) is 0 Å². The fraction of sp³-hybridized carbons (Fsp3) is 0.154. The first-order chi connectivity index (χ1) is 15.9. The molecule has 0 bridgehead atoms. The van der Waals surface area contributed by atoms with Crippen LogP contribution in [0, 0.1) is 0 Å². The smallest absolute Gasteiger partial charge is 0.271 e. The number of rotatable bonds is 5. The number of phenols is 1. The predicted molar refractivity (Wildman–Crippen MR) is 145 cm³/mol. The molecule has 1 saturated heterocycles. The lowest BCUT2D eigenvalue weighted by Crippen LogP contribution is -2.28. The number of phenolic OH excluding ortho intramolecular Hbond substituents is 1. The standard InChI is InChI=1S/C26H22Br2N2O2S/c1-3-16-5-9-19(10-6-16)29-26-30(20-11-7-17(4-2)8-12-20)25(32)23(33-26)15-18-13-21(27)24(31)22(28)14-18/h5-15,31H,3-4H2,1-2H3. The monoisotopic (exact) mass is 584 g/mol. The lowest BCUT2D eigenvalue weighted by atomic mass is 10.1. The quantitative estimate of drug-likeness (QED) is 0.310. The summed E-state index contributed by atoms with van der Waals surface area (Å²) < 4.78 is 1.10. The molecule has 168 valence electrons. The van der Waals surface area contributed by atoms with Gasteiger partial charge < -0.3 is 5.11 Å². The fourth-order valence-corrected chi connectivity index (χ4v) is 5.62. The minimum absolute atomic E-state index is 0.123. The van der Waals surface area contributed by atoms with Crippen LogP contribution in [0.5, 0.6) is 5.75 Å². The number of aromatic hydroxyl groups is 1. The third-order valence-electron chi connectivity index (χ3n) is 5.32. The largest absolute Gasteiger partial charge is 0.506 e. The molecular weight excluding hydrogens is 564 g/mol. The molecule has 1 heterocycles. The Morgan fingerprint density at radius 2 is 1.48 bits per heavy atom. The van der Waals surface area contributed by atoms with Crippen molar-refractivity contribution in [3.05, 3.63) is 91.2 Å². The zero-order valence-corrected chi connectivity index (χ0v) is 22.2. The van der Waals surface area contributed by atoms with Crippen molar-refractivity contribution in [2.24, 2.45) is 4.99 Å². The molecule has 1 N–H and O–H groups in total. The number of aliphatic imine (C=N–C) groups is 1. The third kappa shape index (κ3) is 5.26. The molecule has 1 fully saturated rings. The Hall–Kier alpha value is -2.35. The first-order valence-electron chi connectivity index (χ1n) is 10.6. The van der Waals surface area contributed by atoms with Gasteiger partial charge in [0.1, 0.15) is 5.75 Å². The van der Waals surface area contributed by atoms with E-state index >= 15 is 0 Å². The van der Waals surface area contributed by atoms with Crippen LogP contribution in [0.4, 0.5) is 11.4 Å². The summed E-state index contributed by atoms with van der Waals surface area (Å²) in [5.41, 5.74) is 4.82. The fourth-order valence-electron chi connectivity index (χ4n) is 3.39. The van der Waals surface area contributed by atoms with Crippen molar-refractivity contribution in [2.75, 3.05) is 4.90 Å². The molecule has 0 aliphatic carbocycles. The van der Waals surface area contributed by atoms with E-state index in [-0.39, 0.29) is 11.7 Å². The van der Waals surface area contributed by atoms with Gasteiger partial charge in [-0.05, 0) is 116 Å². The van der Waals surface area contributed by atoms with Gasteiger partial charge in [0.05, 0.1) is 25.2 Å². The molecule has 1 aliphatic rings. The van der Waals surface area contributed by atoms with Crippen LogP contribution in [0.15, 0.2) is 79.5 Å². The van der Waals surface area contributed by atoms with E-state index in [2.05, 4.69) is 57.8 Å². The zero-order valence-electron chi connectivity index (χ0n) is 18.2. The van der Waals surface area contributed by atoms with Gasteiger partial charge in [-0.25, -0.2) is 4.99 Å². The minimum Gasteiger partial charge on any atom is -0.506 e. The first kappa shape index (κ1) is 23.8. The summed E-state index contributed by atoms with van der Waals surface area (Å²) in [5, 5.41) is 10.6. The number of hydrogen-bond donors (Lipinski definition) is 1. The Balaban J connectivity index is 1.76. The number of nitrogens with zero attached hydrogens (tertiary/aromatic N) is 2. The predicted octanol–water partition coefficient (Wildman–Crippen LogP) is 7.85. The van der Waals surface area contributed by atoms with Crippen molar-refractivity contribution < 1.29 is 9.90 Å². The molecule has 3 aromatic rings. The van der Waals surface area contributed by atoms with Crippen molar-refractivity contribution in [1.82, 2.24) is 0 Å². The summed E-state index contributed by atoms with van der Waals surface area (Å²) in [4.78, 5) is 20.5. The summed E-state index contributed by atoms with van der Waals surface area (Å²) in [6, 6.07) is 19.6. The SMILES string of the molecule is CCc1ccc(N=C2SC(=Cc3cc(Br)c(O)c(Br)c3)C(=O)N2c2ccc(CC)cc2)cc1. The lowest BCUT2D eigenvalue weighted by molar-refractivity contribution is -0.113. The number of benzene rings is 3. The molecule has 0 unspecified atom stereocenters. The van der Waals surface area contributed by atoms with E-state index in [0.717, 1.165) is 29.8 Å². The summed E-state index contributed by atoms with van der Waals surface area (Å²) >= 11 is 8.05. The second-order valence-electron chi connectivity index (χ2n) is 7.52. The molecule has 0 aromatic heterocycles. The van der Waals surface area contributed by atoms with Crippen LogP contribution in [-0.2, 0) is 17.6 Å². The maximum absolute atomic E-state index is 13.5. The molecule has 4 rings (SSSR count). The molecule has 0 radical (unpaired) electrons. The number of carbonyl (C=O) groups is 1. The third-order valence-corrected chi connectivity index (χ3v) is 7.49. The Morgan fingerprint density at radius 3 is 2.03 bits per heavy atom. The van der Waals surface area contributed by atoms with E-state index < -0.39 is 0 Å². The van der Waals surface area contributed by atoms with E-state index in [1.807, 2.05) is 42.5 Å². The molecule has 7 heteroatoms. The number of anilines is 1. The van der Waals surface area contributed by atoms with Crippen LogP contribution in [0.1, 0.15) is 30.5 Å². The highest BCUT2D eigenvalue weighted by Crippen LogP contribution is 2.39. The van der Waals surface area contributed by atoms with Gasteiger partial charge in [0.2, 0.25) is 0 Å². The number of amides is 1. The van der Waals surface area contributed by atoms with Gasteiger partial charge in [-0.1, -0.05) is 38.1 Å². The van der Waals surface area contributed by atoms with Gasteiger partial charge in [0, 0.05) is 0 Å². The number of aryl methyl sites for hydroxylation is 2. The molecule has 1 amide bonds. The molecule has 33 heavy (non-hydrogen) atoms. The van der Waals surface area contributed by atoms with E-state index in [1.165, 1.54) is 22.9 Å². The average molecular weight is 586 g/mol. The Kier molecular flexibility index (Phi) is 7.41. The molecule has 4 nitrogen and oxygen atoms in total. The maximum Gasteiger partial charge on any atom is 0.271 e. The van der Waals surface area contributed by atoms with Gasteiger partial charge in [-0.3, -0.25) is 9.69 Å². The van der Waals surface area contributed by atoms with Crippen molar-refractivity contribution in [2.45, 2.75) is 26.7 Å². The van der Waals surface area contributed by atoms with Gasteiger partial charge in [0.15, 0.2) is 5.17 Å². The van der Waals surface area contributed by atoms with Crippen LogP contribution in [0.2, 0.25) is 0 Å². The zero-order chi connectivity index (χ0) is 23.5. The lowest BCUT2D eigenvalue weighted by Gasteiger charge is -2.16. The van der Waals surface area contributed by atoms with Crippen LogP contribution < -0.4 is 4.90 Å². The van der Waals surface area contributed by atoms with Gasteiger partial charge in [-0.15, -0.1) is 0 Å². The molecule has 0 saturated carbocycles. The number of hydrogen-bond acceptors (Lipinski definition) is 4. The number of halogens is 2. The number of thioether (sulfide) groups is 1. The molecule has 0 atom stereocenters. The summed E-state index contributed by atoms with van der Waals surface area (Å²) in [6.45, 7) is 4.22. The summed E-state index contributed by atoms with van der Waals surface area (Å²) in [6.07, 6.45) is 3.71. The molecule has 3 aromatic carbocycles. The van der Waals surface area contributed by atoms with Gasteiger partial charge in [0.25, 0.3) is 5.91 Å². The molecular formula is C26H22Br2N2O2S. The van der Waals surface area contributed by atoms with Crippen LogP contribution in [0.3, 0.4) is 0 Å². The van der Waals surface area contributed by atoms with Gasteiger partial charge >= 0.3 is 0 Å². The maximum atomic E-state index is 13.5. The second-order valence-corrected chi connectivity index (χ2v) is 10.2. The Labute approximate surface area is 214 Å².